The molecule has 1 heterocycles. The quantitative estimate of drug-likeness (QED) is 0.474. The van der Waals surface area contributed by atoms with Crippen molar-refractivity contribution in [3.05, 3.63) is 71.1 Å². The van der Waals surface area contributed by atoms with E-state index in [9.17, 15) is 4.79 Å². The number of aromatic nitrogens is 2. The summed E-state index contributed by atoms with van der Waals surface area (Å²) in [6.45, 7) is 8.93. The molecule has 1 amide bonds. The molecule has 0 unspecified atom stereocenters. The summed E-state index contributed by atoms with van der Waals surface area (Å²) in [6.07, 6.45) is 5.57. The van der Waals surface area contributed by atoms with E-state index in [-0.39, 0.29) is 17.4 Å². The Labute approximate surface area is 190 Å². The van der Waals surface area contributed by atoms with Gasteiger partial charge in [-0.1, -0.05) is 87.2 Å². The van der Waals surface area contributed by atoms with Gasteiger partial charge in [-0.15, -0.1) is 0 Å². The van der Waals surface area contributed by atoms with Crippen LogP contribution >= 0.6 is 0 Å². The Morgan fingerprint density at radius 3 is 2.28 bits per heavy atom. The summed E-state index contributed by atoms with van der Waals surface area (Å²) in [4.78, 5) is 20.1. The molecule has 32 heavy (non-hydrogen) atoms. The zero-order valence-corrected chi connectivity index (χ0v) is 19.6. The number of hydrogen-bond donors (Lipinski definition) is 0. The predicted molar refractivity (Wildman–Crippen MR) is 126 cm³/mol. The van der Waals surface area contributed by atoms with E-state index in [2.05, 4.69) is 43.0 Å². The Kier molecular flexibility index (Phi) is 6.45. The first-order valence-corrected chi connectivity index (χ1v) is 11.6. The van der Waals surface area contributed by atoms with Crippen molar-refractivity contribution in [2.75, 3.05) is 0 Å². The molecular weight excluding hydrogens is 398 g/mol. The zero-order chi connectivity index (χ0) is 22.7. The third-order valence-electron chi connectivity index (χ3n) is 6.36. The predicted octanol–water partition coefficient (Wildman–Crippen LogP) is 6.32. The van der Waals surface area contributed by atoms with Crippen LogP contribution in [0.5, 0.6) is 0 Å². The van der Waals surface area contributed by atoms with Crippen LogP contribution in [0.3, 0.4) is 0 Å². The summed E-state index contributed by atoms with van der Waals surface area (Å²) in [7, 11) is 0. The molecule has 1 aromatic heterocycles. The van der Waals surface area contributed by atoms with Crippen LogP contribution in [-0.2, 0) is 12.0 Å². The van der Waals surface area contributed by atoms with Crippen LogP contribution < -0.4 is 0 Å². The van der Waals surface area contributed by atoms with Crippen LogP contribution in [-0.4, -0.2) is 27.0 Å². The lowest BCUT2D eigenvalue weighted by Gasteiger charge is -2.33. The van der Waals surface area contributed by atoms with Crippen molar-refractivity contribution < 1.29 is 9.32 Å². The number of benzene rings is 2. The molecule has 5 heteroatoms. The van der Waals surface area contributed by atoms with Crippen molar-refractivity contribution in [3.63, 3.8) is 0 Å². The average Bonchev–Trinajstić information content (AvgIpc) is 3.26. The summed E-state index contributed by atoms with van der Waals surface area (Å²) in [5.41, 5.74) is 4.09. The third kappa shape index (κ3) is 5.09. The molecule has 0 spiro atoms. The zero-order valence-electron chi connectivity index (χ0n) is 19.6. The van der Waals surface area contributed by atoms with Gasteiger partial charge in [0.15, 0.2) is 0 Å². The molecule has 0 N–H and O–H groups in total. The highest BCUT2D eigenvalue weighted by Crippen LogP contribution is 2.27. The van der Waals surface area contributed by atoms with E-state index < -0.39 is 0 Å². The molecule has 3 aromatic rings. The standard InChI is InChI=1S/C27H33N3O2/c1-19-10-12-20(13-11-19)25-28-24(32-29-25)18-30(23-8-6-5-7-9-23)26(31)21-14-16-22(17-15-21)27(2,3)4/h10-17,23H,5-9,18H2,1-4H3. The van der Waals surface area contributed by atoms with E-state index in [0.717, 1.165) is 31.2 Å². The Morgan fingerprint density at radius 2 is 1.66 bits per heavy atom. The highest BCUT2D eigenvalue weighted by molar-refractivity contribution is 5.94. The van der Waals surface area contributed by atoms with Gasteiger partial charge < -0.3 is 9.42 Å². The SMILES string of the molecule is Cc1ccc(-c2noc(CN(C(=O)c3ccc(C(C)(C)C)cc3)C3CCCCC3)n2)cc1. The minimum absolute atomic E-state index is 0.0347. The van der Waals surface area contributed by atoms with Crippen LogP contribution in [0.15, 0.2) is 53.1 Å². The van der Waals surface area contributed by atoms with Gasteiger partial charge in [0.2, 0.25) is 11.7 Å². The molecule has 2 aromatic carbocycles. The fraction of sp³-hybridized carbons (Fsp3) is 0.444. The van der Waals surface area contributed by atoms with Crippen LogP contribution in [0.1, 0.15) is 80.3 Å². The van der Waals surface area contributed by atoms with Gasteiger partial charge in [0.1, 0.15) is 6.54 Å². The molecule has 1 aliphatic carbocycles. The van der Waals surface area contributed by atoms with E-state index in [1.165, 1.54) is 17.5 Å². The van der Waals surface area contributed by atoms with Crippen LogP contribution in [0.4, 0.5) is 0 Å². The first-order chi connectivity index (χ1) is 15.3. The number of nitrogens with zero attached hydrogens (tertiary/aromatic N) is 3. The molecule has 1 fully saturated rings. The summed E-state index contributed by atoms with van der Waals surface area (Å²) >= 11 is 0. The van der Waals surface area contributed by atoms with Crippen molar-refractivity contribution in [1.82, 2.24) is 15.0 Å². The monoisotopic (exact) mass is 431 g/mol. The number of carbonyl (C=O) groups is 1. The Bertz CT molecular complexity index is 1040. The Balaban J connectivity index is 1.57. The normalized spacial score (nSPS) is 15.0. The van der Waals surface area contributed by atoms with E-state index in [0.29, 0.717) is 23.8 Å². The van der Waals surface area contributed by atoms with Gasteiger partial charge in [-0.3, -0.25) is 4.79 Å². The van der Waals surface area contributed by atoms with Crippen LogP contribution in [0.25, 0.3) is 11.4 Å². The van der Waals surface area contributed by atoms with Crippen LogP contribution in [0, 0.1) is 6.92 Å². The molecule has 0 radical (unpaired) electrons. The molecule has 5 nitrogen and oxygen atoms in total. The number of hydrogen-bond acceptors (Lipinski definition) is 4. The van der Waals surface area contributed by atoms with E-state index >= 15 is 0 Å². The number of aryl methyl sites for hydroxylation is 1. The molecule has 4 rings (SSSR count). The first kappa shape index (κ1) is 22.3. The fourth-order valence-electron chi connectivity index (χ4n) is 4.32. The molecule has 0 aliphatic heterocycles. The Morgan fingerprint density at radius 1 is 1.00 bits per heavy atom. The largest absolute Gasteiger partial charge is 0.337 e. The first-order valence-electron chi connectivity index (χ1n) is 11.6. The lowest BCUT2D eigenvalue weighted by molar-refractivity contribution is 0.0586. The maximum atomic E-state index is 13.6. The smallest absolute Gasteiger partial charge is 0.254 e. The van der Waals surface area contributed by atoms with Gasteiger partial charge in [-0.05, 0) is 42.9 Å². The summed E-state index contributed by atoms with van der Waals surface area (Å²) in [5.74, 6) is 1.07. The molecule has 168 valence electrons. The molecule has 0 saturated heterocycles. The highest BCUT2D eigenvalue weighted by Gasteiger charge is 2.28. The van der Waals surface area contributed by atoms with Crippen LogP contribution in [0.2, 0.25) is 0 Å². The second-order valence-electron chi connectivity index (χ2n) is 9.93. The summed E-state index contributed by atoms with van der Waals surface area (Å²) < 4.78 is 5.57. The number of rotatable bonds is 5. The van der Waals surface area contributed by atoms with E-state index in [1.807, 2.05) is 48.2 Å². The molecule has 1 aliphatic rings. The number of carbonyl (C=O) groups excluding carboxylic acids is 1. The van der Waals surface area contributed by atoms with Gasteiger partial charge in [-0.2, -0.15) is 4.98 Å². The summed E-state index contributed by atoms with van der Waals surface area (Å²) in [6, 6.07) is 16.3. The van der Waals surface area contributed by atoms with E-state index in [4.69, 9.17) is 4.52 Å². The van der Waals surface area contributed by atoms with Gasteiger partial charge in [0.25, 0.3) is 5.91 Å². The van der Waals surface area contributed by atoms with Crippen molar-refractivity contribution in [2.45, 2.75) is 77.8 Å². The van der Waals surface area contributed by atoms with Gasteiger partial charge in [0, 0.05) is 17.2 Å². The van der Waals surface area contributed by atoms with Gasteiger partial charge >= 0.3 is 0 Å². The lowest BCUT2D eigenvalue weighted by atomic mass is 9.86. The van der Waals surface area contributed by atoms with E-state index in [1.54, 1.807) is 0 Å². The minimum atomic E-state index is 0.0347. The highest BCUT2D eigenvalue weighted by atomic mass is 16.5. The lowest BCUT2D eigenvalue weighted by Crippen LogP contribution is -2.41. The van der Waals surface area contributed by atoms with Crippen molar-refractivity contribution in [2.24, 2.45) is 0 Å². The van der Waals surface area contributed by atoms with Crippen molar-refractivity contribution >= 4 is 5.91 Å². The molecule has 0 bridgehead atoms. The van der Waals surface area contributed by atoms with Gasteiger partial charge in [-0.25, -0.2) is 0 Å². The average molecular weight is 432 g/mol. The van der Waals surface area contributed by atoms with Gasteiger partial charge in [0.05, 0.1) is 0 Å². The summed E-state index contributed by atoms with van der Waals surface area (Å²) in [5, 5.41) is 4.16. The maximum absolute atomic E-state index is 13.6. The second-order valence-corrected chi connectivity index (χ2v) is 9.93. The third-order valence-corrected chi connectivity index (χ3v) is 6.36. The Hall–Kier alpha value is -2.95. The molecular formula is C27H33N3O2. The van der Waals surface area contributed by atoms with Crippen molar-refractivity contribution in [3.8, 4) is 11.4 Å². The second kappa shape index (κ2) is 9.27. The molecule has 1 saturated carbocycles. The maximum Gasteiger partial charge on any atom is 0.254 e. The minimum Gasteiger partial charge on any atom is -0.337 e. The van der Waals surface area contributed by atoms with Crippen molar-refractivity contribution in [1.29, 1.82) is 0 Å². The molecule has 0 atom stereocenters. The number of amides is 1. The topological polar surface area (TPSA) is 59.2 Å². The fourth-order valence-corrected chi connectivity index (χ4v) is 4.32.